The Morgan fingerprint density at radius 2 is 1.95 bits per heavy atom. The molecule has 0 aliphatic heterocycles. The van der Waals surface area contributed by atoms with Crippen LogP contribution in [0.2, 0.25) is 0 Å². The van der Waals surface area contributed by atoms with Gasteiger partial charge in [-0.2, -0.15) is 17.4 Å². The van der Waals surface area contributed by atoms with Gasteiger partial charge < -0.3 is 9.84 Å². The highest BCUT2D eigenvalue weighted by Gasteiger charge is 2.20. The highest BCUT2D eigenvalue weighted by molar-refractivity contribution is 7.87. The van der Waals surface area contributed by atoms with Crippen LogP contribution >= 0.6 is 0 Å². The third-order valence-electron chi connectivity index (χ3n) is 2.98. The lowest BCUT2D eigenvalue weighted by atomic mass is 10.1. The van der Waals surface area contributed by atoms with Crippen LogP contribution < -0.4 is 9.46 Å². The fraction of sp³-hybridized carbons (Fsp3) is 0.538. The summed E-state index contributed by atoms with van der Waals surface area (Å²) < 4.78 is 33.0. The molecule has 1 aromatic rings. The Morgan fingerprint density at radius 3 is 2.45 bits per heavy atom. The fourth-order valence-electron chi connectivity index (χ4n) is 1.69. The first-order valence-electron chi connectivity index (χ1n) is 6.39. The van der Waals surface area contributed by atoms with Crippen molar-refractivity contribution in [1.29, 1.82) is 0 Å². The van der Waals surface area contributed by atoms with Crippen LogP contribution in [0.1, 0.15) is 24.9 Å². The first-order valence-corrected chi connectivity index (χ1v) is 7.83. The lowest BCUT2D eigenvalue weighted by molar-refractivity contribution is 0.275. The zero-order valence-electron chi connectivity index (χ0n) is 12.0. The Kier molecular flexibility index (Phi) is 6.41. The number of hydrogen-bond acceptors (Lipinski definition) is 4. The summed E-state index contributed by atoms with van der Waals surface area (Å²) in [6.07, 6.45) is 0.411. The lowest BCUT2D eigenvalue weighted by Crippen LogP contribution is -2.40. The number of nitrogens with one attached hydrogen (secondary N) is 1. The molecule has 0 spiro atoms. The van der Waals surface area contributed by atoms with Crippen LogP contribution in [-0.4, -0.2) is 45.1 Å². The smallest absolute Gasteiger partial charge is 0.279 e. The second-order valence-corrected chi connectivity index (χ2v) is 6.33. The molecule has 0 fully saturated rings. The van der Waals surface area contributed by atoms with Crippen molar-refractivity contribution in [1.82, 2.24) is 9.03 Å². The summed E-state index contributed by atoms with van der Waals surface area (Å²) in [5.74, 6) is 0.726. The fourth-order valence-corrected chi connectivity index (χ4v) is 2.82. The van der Waals surface area contributed by atoms with Crippen molar-refractivity contribution < 1.29 is 18.3 Å². The number of aliphatic hydroxyl groups is 1. The zero-order valence-corrected chi connectivity index (χ0v) is 12.9. The second kappa shape index (κ2) is 7.58. The Bertz CT molecular complexity index is 502. The van der Waals surface area contributed by atoms with Crippen molar-refractivity contribution >= 4 is 10.2 Å². The van der Waals surface area contributed by atoms with E-state index in [4.69, 9.17) is 9.84 Å². The van der Waals surface area contributed by atoms with Gasteiger partial charge in [0.25, 0.3) is 10.2 Å². The van der Waals surface area contributed by atoms with E-state index in [0.29, 0.717) is 6.42 Å². The molecule has 2 N–H and O–H groups in total. The predicted octanol–water partition coefficient (Wildman–Crippen LogP) is 0.905. The molecule has 0 aliphatic rings. The summed E-state index contributed by atoms with van der Waals surface area (Å²) in [6.45, 7) is 2.02. The van der Waals surface area contributed by atoms with E-state index >= 15 is 0 Å². The lowest BCUT2D eigenvalue weighted by Gasteiger charge is -2.21. The van der Waals surface area contributed by atoms with Gasteiger partial charge in [0, 0.05) is 26.2 Å². The van der Waals surface area contributed by atoms with Crippen LogP contribution in [0, 0.1) is 0 Å². The molecule has 0 saturated heterocycles. The second-order valence-electron chi connectivity index (χ2n) is 4.52. The Hall–Kier alpha value is -1.15. The molecule has 1 aromatic carbocycles. The van der Waals surface area contributed by atoms with Crippen LogP contribution in [0.25, 0.3) is 0 Å². The van der Waals surface area contributed by atoms with Crippen molar-refractivity contribution in [3.05, 3.63) is 29.8 Å². The van der Waals surface area contributed by atoms with E-state index in [1.165, 1.54) is 11.4 Å². The third kappa shape index (κ3) is 4.75. The van der Waals surface area contributed by atoms with E-state index in [1.807, 2.05) is 12.1 Å². The number of nitrogens with zero attached hydrogens (tertiary/aromatic N) is 1. The summed E-state index contributed by atoms with van der Waals surface area (Å²) in [6, 6.07) is 6.87. The molecular weight excluding hydrogens is 280 g/mol. The predicted molar refractivity (Wildman–Crippen MR) is 77.8 cm³/mol. The highest BCUT2D eigenvalue weighted by Crippen LogP contribution is 2.18. The van der Waals surface area contributed by atoms with Gasteiger partial charge >= 0.3 is 0 Å². The summed E-state index contributed by atoms with van der Waals surface area (Å²) in [4.78, 5) is 0. The van der Waals surface area contributed by atoms with Crippen LogP contribution in [0.15, 0.2) is 24.3 Å². The Labute approximate surface area is 120 Å². The van der Waals surface area contributed by atoms with Gasteiger partial charge in [-0.1, -0.05) is 12.1 Å². The maximum atomic E-state index is 12.1. The van der Waals surface area contributed by atoms with Gasteiger partial charge in [0.05, 0.1) is 7.11 Å². The number of methoxy groups -OCH3 is 1. The molecule has 6 nitrogen and oxygen atoms in total. The van der Waals surface area contributed by atoms with Gasteiger partial charge in [-0.3, -0.25) is 0 Å². The molecule has 0 radical (unpaired) electrons. The van der Waals surface area contributed by atoms with E-state index in [1.54, 1.807) is 26.2 Å². The van der Waals surface area contributed by atoms with Crippen LogP contribution in [-0.2, 0) is 10.2 Å². The van der Waals surface area contributed by atoms with Crippen LogP contribution in [0.5, 0.6) is 5.75 Å². The van der Waals surface area contributed by atoms with Crippen molar-refractivity contribution in [2.75, 3.05) is 27.3 Å². The van der Waals surface area contributed by atoms with Crippen molar-refractivity contribution in [3.63, 3.8) is 0 Å². The number of ether oxygens (including phenoxy) is 1. The monoisotopic (exact) mass is 302 g/mol. The molecule has 1 atom stereocenters. The van der Waals surface area contributed by atoms with Gasteiger partial charge in [-0.15, -0.1) is 0 Å². The molecule has 7 heteroatoms. The normalized spacial score (nSPS) is 13.4. The molecule has 0 aliphatic carbocycles. The molecule has 1 unspecified atom stereocenters. The minimum atomic E-state index is -3.55. The minimum Gasteiger partial charge on any atom is -0.497 e. The highest BCUT2D eigenvalue weighted by atomic mass is 32.2. The quantitative estimate of drug-likeness (QED) is 0.748. The molecule has 20 heavy (non-hydrogen) atoms. The summed E-state index contributed by atoms with van der Waals surface area (Å²) in [7, 11) is -0.489. The first-order chi connectivity index (χ1) is 9.40. The summed E-state index contributed by atoms with van der Waals surface area (Å²) in [5, 5.41) is 8.74. The van der Waals surface area contributed by atoms with E-state index < -0.39 is 10.2 Å². The maximum Gasteiger partial charge on any atom is 0.279 e. The van der Waals surface area contributed by atoms with E-state index in [-0.39, 0.29) is 19.2 Å². The Morgan fingerprint density at radius 1 is 1.35 bits per heavy atom. The maximum absolute atomic E-state index is 12.1. The summed E-state index contributed by atoms with van der Waals surface area (Å²) >= 11 is 0. The Balaban J connectivity index is 2.70. The average Bonchev–Trinajstić information content (AvgIpc) is 2.44. The van der Waals surface area contributed by atoms with Gasteiger partial charge in [-0.25, -0.2) is 0 Å². The van der Waals surface area contributed by atoms with Crippen molar-refractivity contribution in [2.45, 2.75) is 19.4 Å². The van der Waals surface area contributed by atoms with Gasteiger partial charge in [0.15, 0.2) is 0 Å². The van der Waals surface area contributed by atoms with Gasteiger partial charge in [0.2, 0.25) is 0 Å². The van der Waals surface area contributed by atoms with Crippen molar-refractivity contribution in [3.8, 4) is 5.75 Å². The van der Waals surface area contributed by atoms with E-state index in [2.05, 4.69) is 4.72 Å². The number of aliphatic hydroxyl groups excluding tert-OH is 1. The molecule has 1 rings (SSSR count). The van der Waals surface area contributed by atoms with E-state index in [9.17, 15) is 8.42 Å². The van der Waals surface area contributed by atoms with Gasteiger partial charge in [-0.05, 0) is 31.0 Å². The van der Waals surface area contributed by atoms with E-state index in [0.717, 1.165) is 11.3 Å². The number of rotatable bonds is 8. The largest absolute Gasteiger partial charge is 0.497 e. The standard InChI is InChI=1S/C13H22N2O4S/c1-11(12-5-7-13(19-3)8-6-12)14-20(17,18)15(2)9-4-10-16/h5-8,11,14,16H,4,9-10H2,1-3H3. The SMILES string of the molecule is COc1ccc(C(C)NS(=O)(=O)N(C)CCCO)cc1. The minimum absolute atomic E-state index is 0.0338. The van der Waals surface area contributed by atoms with Crippen molar-refractivity contribution in [2.24, 2.45) is 0 Å². The molecule has 0 heterocycles. The zero-order chi connectivity index (χ0) is 15.2. The molecule has 0 amide bonds. The van der Waals surface area contributed by atoms with Crippen LogP contribution in [0.3, 0.4) is 0 Å². The topological polar surface area (TPSA) is 78.9 Å². The molecular formula is C13H22N2O4S. The van der Waals surface area contributed by atoms with Gasteiger partial charge in [0.1, 0.15) is 5.75 Å². The molecule has 114 valence electrons. The average molecular weight is 302 g/mol. The van der Waals surface area contributed by atoms with Crippen LogP contribution in [0.4, 0.5) is 0 Å². The number of benzene rings is 1. The molecule has 0 bridgehead atoms. The number of hydrogen-bond donors (Lipinski definition) is 2. The third-order valence-corrected chi connectivity index (χ3v) is 4.64. The first kappa shape index (κ1) is 16.9. The molecule has 0 aromatic heterocycles. The summed E-state index contributed by atoms with van der Waals surface area (Å²) in [5.41, 5.74) is 0.852. The molecule has 0 saturated carbocycles.